The Balaban J connectivity index is 1.85. The fourth-order valence-electron chi connectivity index (χ4n) is 2.51. The van der Waals surface area contributed by atoms with Gasteiger partial charge in [-0.3, -0.25) is 4.90 Å². The minimum Gasteiger partial charge on any atom is -0.393 e. The maximum Gasteiger partial charge on any atom is 0.0759 e. The fourth-order valence-corrected chi connectivity index (χ4v) is 2.75. The van der Waals surface area contributed by atoms with Crippen LogP contribution >= 0.6 is 12.2 Å². The Bertz CT molecular complexity index is 391. The summed E-state index contributed by atoms with van der Waals surface area (Å²) in [5.41, 5.74) is 8.52. The van der Waals surface area contributed by atoms with Gasteiger partial charge >= 0.3 is 0 Å². The largest absolute Gasteiger partial charge is 0.393 e. The molecule has 0 saturated carbocycles. The van der Waals surface area contributed by atoms with Gasteiger partial charge in [-0.05, 0) is 43.5 Å². The summed E-state index contributed by atoms with van der Waals surface area (Å²) in [4.78, 5) is 3.19. The van der Waals surface area contributed by atoms with Gasteiger partial charge in [-0.15, -0.1) is 0 Å². The molecule has 2 rings (SSSR count). The van der Waals surface area contributed by atoms with Gasteiger partial charge < -0.3 is 5.73 Å². The van der Waals surface area contributed by atoms with Crippen LogP contribution in [0.2, 0.25) is 0 Å². The monoisotopic (exact) mass is 262 g/mol. The van der Waals surface area contributed by atoms with Gasteiger partial charge in [-0.25, -0.2) is 0 Å². The molecule has 0 spiro atoms. The highest BCUT2D eigenvalue weighted by Crippen LogP contribution is 2.19. The van der Waals surface area contributed by atoms with Gasteiger partial charge in [0.25, 0.3) is 0 Å². The maximum absolute atomic E-state index is 5.71. The third-order valence-corrected chi connectivity index (χ3v) is 4.16. The molecule has 98 valence electrons. The third kappa shape index (κ3) is 3.53. The molecule has 0 unspecified atom stereocenters. The number of nitrogens with zero attached hydrogens (tertiary/aromatic N) is 1. The molecule has 1 aromatic carbocycles. The molecule has 0 aliphatic carbocycles. The first-order valence-electron chi connectivity index (χ1n) is 6.78. The molecule has 1 aliphatic rings. The lowest BCUT2D eigenvalue weighted by molar-refractivity contribution is 0.202. The molecule has 1 heterocycles. The minimum absolute atomic E-state index is 0.457. The van der Waals surface area contributed by atoms with Crippen molar-refractivity contribution < 1.29 is 0 Å². The van der Waals surface area contributed by atoms with Crippen molar-refractivity contribution in [2.75, 3.05) is 13.1 Å². The lowest BCUT2D eigenvalue weighted by Crippen LogP contribution is -2.37. The summed E-state index contributed by atoms with van der Waals surface area (Å²) in [6, 6.07) is 8.96. The fraction of sp³-hybridized carbons (Fsp3) is 0.533. The molecule has 0 aromatic heterocycles. The number of aryl methyl sites for hydroxylation is 1. The predicted octanol–water partition coefficient (Wildman–Crippen LogP) is 2.75. The molecule has 0 atom stereocenters. The number of hydrogen-bond acceptors (Lipinski definition) is 2. The lowest BCUT2D eigenvalue weighted by atomic mass is 9.96. The van der Waals surface area contributed by atoms with Crippen molar-refractivity contribution in [3.63, 3.8) is 0 Å². The van der Waals surface area contributed by atoms with E-state index in [1.165, 1.54) is 11.1 Å². The Morgan fingerprint density at radius 1 is 1.22 bits per heavy atom. The predicted molar refractivity (Wildman–Crippen MR) is 80.6 cm³/mol. The van der Waals surface area contributed by atoms with Crippen molar-refractivity contribution in [1.82, 2.24) is 4.90 Å². The van der Waals surface area contributed by atoms with Gasteiger partial charge in [0.2, 0.25) is 0 Å². The summed E-state index contributed by atoms with van der Waals surface area (Å²) in [6.07, 6.45) is 3.34. The molecule has 1 aliphatic heterocycles. The van der Waals surface area contributed by atoms with E-state index in [-0.39, 0.29) is 0 Å². The molecule has 18 heavy (non-hydrogen) atoms. The van der Waals surface area contributed by atoms with Crippen LogP contribution in [0.1, 0.15) is 30.9 Å². The number of nitrogens with two attached hydrogens (primary N) is 1. The van der Waals surface area contributed by atoms with Crippen LogP contribution < -0.4 is 5.73 Å². The Hall–Kier alpha value is -0.930. The van der Waals surface area contributed by atoms with Gasteiger partial charge in [-0.1, -0.05) is 43.4 Å². The zero-order valence-corrected chi connectivity index (χ0v) is 11.9. The molecule has 0 radical (unpaired) electrons. The van der Waals surface area contributed by atoms with E-state index in [4.69, 9.17) is 18.0 Å². The smallest absolute Gasteiger partial charge is 0.0759 e. The van der Waals surface area contributed by atoms with Crippen molar-refractivity contribution in [3.8, 4) is 0 Å². The van der Waals surface area contributed by atoms with E-state index < -0.39 is 0 Å². The van der Waals surface area contributed by atoms with E-state index in [2.05, 4.69) is 36.1 Å². The van der Waals surface area contributed by atoms with E-state index >= 15 is 0 Å². The standard InChI is InChI=1S/C15H22N2S/c1-2-12-3-5-13(6-4-12)11-17-9-7-14(8-10-17)15(16)18/h3-6,14H,2,7-11H2,1H3,(H2,16,18). The van der Waals surface area contributed by atoms with E-state index in [0.29, 0.717) is 10.9 Å². The molecule has 1 aromatic rings. The number of likely N-dealkylation sites (tertiary alicyclic amines) is 1. The van der Waals surface area contributed by atoms with E-state index in [0.717, 1.165) is 38.9 Å². The summed E-state index contributed by atoms with van der Waals surface area (Å²) in [6.45, 7) is 5.46. The van der Waals surface area contributed by atoms with E-state index in [1.54, 1.807) is 0 Å². The Morgan fingerprint density at radius 2 is 1.78 bits per heavy atom. The lowest BCUT2D eigenvalue weighted by Gasteiger charge is -2.31. The molecule has 1 fully saturated rings. The van der Waals surface area contributed by atoms with Crippen LogP contribution in [0.5, 0.6) is 0 Å². The van der Waals surface area contributed by atoms with Crippen molar-refractivity contribution >= 4 is 17.2 Å². The topological polar surface area (TPSA) is 29.3 Å². The SMILES string of the molecule is CCc1ccc(CN2CCC(C(N)=S)CC2)cc1. The highest BCUT2D eigenvalue weighted by atomic mass is 32.1. The van der Waals surface area contributed by atoms with Crippen LogP contribution in [0, 0.1) is 5.92 Å². The summed E-state index contributed by atoms with van der Waals surface area (Å²) in [5.74, 6) is 0.457. The second-order valence-corrected chi connectivity index (χ2v) is 5.59. The molecule has 2 N–H and O–H groups in total. The van der Waals surface area contributed by atoms with Crippen LogP contribution in [-0.4, -0.2) is 23.0 Å². The average Bonchev–Trinajstić information content (AvgIpc) is 2.40. The first-order valence-corrected chi connectivity index (χ1v) is 7.19. The molecular weight excluding hydrogens is 240 g/mol. The Morgan fingerprint density at radius 3 is 2.28 bits per heavy atom. The molecule has 1 saturated heterocycles. The number of hydrogen-bond donors (Lipinski definition) is 1. The Kier molecular flexibility index (Phi) is 4.72. The van der Waals surface area contributed by atoms with Gasteiger partial charge in [-0.2, -0.15) is 0 Å². The summed E-state index contributed by atoms with van der Waals surface area (Å²) in [5, 5.41) is 0. The third-order valence-electron chi connectivity index (χ3n) is 3.83. The highest BCUT2D eigenvalue weighted by Gasteiger charge is 2.20. The van der Waals surface area contributed by atoms with Gasteiger partial charge in [0.15, 0.2) is 0 Å². The van der Waals surface area contributed by atoms with Crippen molar-refractivity contribution in [2.45, 2.75) is 32.7 Å². The highest BCUT2D eigenvalue weighted by molar-refractivity contribution is 7.80. The van der Waals surface area contributed by atoms with Crippen LogP contribution in [0.25, 0.3) is 0 Å². The average molecular weight is 262 g/mol. The second-order valence-electron chi connectivity index (χ2n) is 5.12. The van der Waals surface area contributed by atoms with Crippen molar-refractivity contribution in [2.24, 2.45) is 11.7 Å². The molecule has 3 heteroatoms. The second kappa shape index (κ2) is 6.30. The summed E-state index contributed by atoms with van der Waals surface area (Å²) < 4.78 is 0. The van der Waals surface area contributed by atoms with E-state index in [1.807, 2.05) is 0 Å². The summed E-state index contributed by atoms with van der Waals surface area (Å²) in [7, 11) is 0. The maximum atomic E-state index is 5.71. The van der Waals surface area contributed by atoms with Crippen LogP contribution in [-0.2, 0) is 13.0 Å². The first kappa shape index (κ1) is 13.5. The number of rotatable bonds is 4. The zero-order chi connectivity index (χ0) is 13.0. The normalized spacial score (nSPS) is 17.8. The van der Waals surface area contributed by atoms with Crippen molar-refractivity contribution in [1.29, 1.82) is 0 Å². The Labute approximate surface area is 115 Å². The molecule has 2 nitrogen and oxygen atoms in total. The zero-order valence-electron chi connectivity index (χ0n) is 11.1. The van der Waals surface area contributed by atoms with Crippen molar-refractivity contribution in [3.05, 3.63) is 35.4 Å². The van der Waals surface area contributed by atoms with E-state index in [9.17, 15) is 0 Å². The van der Waals surface area contributed by atoms with Gasteiger partial charge in [0.05, 0.1) is 4.99 Å². The molecule has 0 bridgehead atoms. The first-order chi connectivity index (χ1) is 8.69. The van der Waals surface area contributed by atoms with Gasteiger partial charge in [0, 0.05) is 12.5 Å². The molecule has 0 amide bonds. The number of thiocarbonyl (C=S) groups is 1. The van der Waals surface area contributed by atoms with Crippen LogP contribution in [0.15, 0.2) is 24.3 Å². The summed E-state index contributed by atoms with van der Waals surface area (Å²) >= 11 is 5.07. The van der Waals surface area contributed by atoms with Gasteiger partial charge in [0.1, 0.15) is 0 Å². The quantitative estimate of drug-likeness (QED) is 0.846. The van der Waals surface area contributed by atoms with Crippen LogP contribution in [0.3, 0.4) is 0 Å². The minimum atomic E-state index is 0.457. The number of piperidine rings is 1. The van der Waals surface area contributed by atoms with Crippen LogP contribution in [0.4, 0.5) is 0 Å². The molecular formula is C15H22N2S. The number of benzene rings is 1.